The fourth-order valence-electron chi connectivity index (χ4n) is 1.24. The zero-order valence-corrected chi connectivity index (χ0v) is 9.97. The summed E-state index contributed by atoms with van der Waals surface area (Å²) in [5.41, 5.74) is 0.603. The van der Waals surface area contributed by atoms with Crippen molar-refractivity contribution in [2.24, 2.45) is 0 Å². The van der Waals surface area contributed by atoms with E-state index in [-0.39, 0.29) is 5.56 Å². The van der Waals surface area contributed by atoms with E-state index in [1.54, 1.807) is 12.1 Å². The summed E-state index contributed by atoms with van der Waals surface area (Å²) in [6.45, 7) is 1.87. The summed E-state index contributed by atoms with van der Waals surface area (Å²) in [5, 5.41) is 0. The van der Waals surface area contributed by atoms with E-state index in [4.69, 9.17) is 0 Å². The van der Waals surface area contributed by atoms with Crippen LogP contribution in [0.5, 0.6) is 0 Å². The highest BCUT2D eigenvalue weighted by molar-refractivity contribution is 5.74. The van der Waals surface area contributed by atoms with E-state index in [1.165, 1.54) is 6.07 Å². The summed E-state index contributed by atoms with van der Waals surface area (Å²) in [7, 11) is 0. The lowest BCUT2D eigenvalue weighted by molar-refractivity contribution is 0.112. The van der Waals surface area contributed by atoms with Gasteiger partial charge in [0.05, 0.1) is 0 Å². The normalized spacial score (nSPS) is 9.17. The van der Waals surface area contributed by atoms with Crippen LogP contribution >= 0.6 is 0 Å². The Morgan fingerprint density at radius 3 is 2.22 bits per heavy atom. The van der Waals surface area contributed by atoms with E-state index < -0.39 is 5.69 Å². The first kappa shape index (κ1) is 13.6. The van der Waals surface area contributed by atoms with E-state index in [9.17, 15) is 14.4 Å². The lowest BCUT2D eigenvalue weighted by atomic mass is 10.2. The topological polar surface area (TPSA) is 82.8 Å². The van der Waals surface area contributed by atoms with Gasteiger partial charge >= 0.3 is 5.69 Å². The third-order valence-corrected chi connectivity index (χ3v) is 2.13. The Bertz CT molecular complexity index is 571. The van der Waals surface area contributed by atoms with Gasteiger partial charge in [0.1, 0.15) is 6.29 Å². The molecule has 5 heteroatoms. The van der Waals surface area contributed by atoms with Crippen molar-refractivity contribution >= 4 is 6.29 Å². The molecule has 0 aliphatic rings. The number of aromatic nitrogens is 2. The number of benzene rings is 1. The smallest absolute Gasteiger partial charge is 0.311 e. The minimum absolute atomic E-state index is 0.347. The zero-order chi connectivity index (χ0) is 13.4. The fourth-order valence-corrected chi connectivity index (χ4v) is 1.24. The number of hydrogen-bond donors (Lipinski definition) is 2. The van der Waals surface area contributed by atoms with Crippen molar-refractivity contribution in [2.45, 2.75) is 13.3 Å². The molecule has 0 fully saturated rings. The molecule has 0 saturated carbocycles. The fraction of sp³-hybridized carbons (Fsp3) is 0.154. The molecule has 2 N–H and O–H groups in total. The molecular formula is C13H14N2O3. The van der Waals surface area contributed by atoms with Gasteiger partial charge in [0, 0.05) is 17.3 Å². The first-order chi connectivity index (χ1) is 8.65. The summed E-state index contributed by atoms with van der Waals surface area (Å²) in [6, 6.07) is 10.5. The number of carbonyl (C=O) groups is 1. The van der Waals surface area contributed by atoms with E-state index >= 15 is 0 Å². The molecule has 2 rings (SSSR count). The zero-order valence-electron chi connectivity index (χ0n) is 9.97. The van der Waals surface area contributed by atoms with Crippen LogP contribution in [0.2, 0.25) is 0 Å². The number of hydrogen-bond acceptors (Lipinski definition) is 3. The third kappa shape index (κ3) is 4.61. The average Bonchev–Trinajstić information content (AvgIpc) is 2.39. The van der Waals surface area contributed by atoms with Gasteiger partial charge in [0.15, 0.2) is 0 Å². The van der Waals surface area contributed by atoms with E-state index in [0.29, 0.717) is 12.1 Å². The second-order valence-corrected chi connectivity index (χ2v) is 3.50. The summed E-state index contributed by atoms with van der Waals surface area (Å²) < 4.78 is 0. The molecule has 18 heavy (non-hydrogen) atoms. The molecule has 0 bridgehead atoms. The maximum Gasteiger partial charge on any atom is 0.325 e. The second-order valence-electron chi connectivity index (χ2n) is 3.50. The molecule has 0 atom stereocenters. The van der Waals surface area contributed by atoms with Crippen LogP contribution in [0.15, 0.2) is 46.0 Å². The Labute approximate surface area is 104 Å². The van der Waals surface area contributed by atoms with E-state index in [0.717, 1.165) is 11.8 Å². The minimum Gasteiger partial charge on any atom is -0.311 e. The highest BCUT2D eigenvalue weighted by Gasteiger charge is 1.90. The maximum atomic E-state index is 10.6. The lowest BCUT2D eigenvalue weighted by Gasteiger charge is -1.90. The van der Waals surface area contributed by atoms with E-state index in [1.807, 2.05) is 25.1 Å². The summed E-state index contributed by atoms with van der Waals surface area (Å²) in [6.07, 6.45) is 1.50. The molecule has 1 heterocycles. The molecule has 2 aromatic rings. The molecule has 0 unspecified atom stereocenters. The number of aryl methyl sites for hydroxylation is 1. The number of rotatable bonds is 2. The van der Waals surface area contributed by atoms with Gasteiger partial charge in [0.25, 0.3) is 5.56 Å². The monoisotopic (exact) mass is 246 g/mol. The number of nitrogens with one attached hydrogen (secondary N) is 2. The Morgan fingerprint density at radius 1 is 1.11 bits per heavy atom. The molecular weight excluding hydrogens is 232 g/mol. The molecule has 0 aliphatic heterocycles. The Balaban J connectivity index is 0.000000184. The lowest BCUT2D eigenvalue weighted by Crippen LogP contribution is -2.22. The van der Waals surface area contributed by atoms with Gasteiger partial charge in [-0.1, -0.05) is 37.3 Å². The van der Waals surface area contributed by atoms with Gasteiger partial charge in [-0.2, -0.15) is 0 Å². The first-order valence-corrected chi connectivity index (χ1v) is 5.48. The Kier molecular flexibility index (Phi) is 5.31. The summed E-state index contributed by atoms with van der Waals surface area (Å²) >= 11 is 0. The van der Waals surface area contributed by atoms with Crippen LogP contribution in [0.3, 0.4) is 0 Å². The van der Waals surface area contributed by atoms with Crippen molar-refractivity contribution in [3.8, 4) is 0 Å². The second kappa shape index (κ2) is 7.01. The van der Waals surface area contributed by atoms with Crippen LogP contribution in [-0.4, -0.2) is 16.3 Å². The molecule has 0 radical (unpaired) electrons. The molecule has 94 valence electrons. The minimum atomic E-state index is -0.440. The van der Waals surface area contributed by atoms with Gasteiger partial charge in [-0.3, -0.25) is 14.6 Å². The third-order valence-electron chi connectivity index (χ3n) is 2.13. The van der Waals surface area contributed by atoms with Crippen LogP contribution in [0.4, 0.5) is 0 Å². The molecule has 0 amide bonds. The van der Waals surface area contributed by atoms with Gasteiger partial charge < -0.3 is 4.98 Å². The van der Waals surface area contributed by atoms with Crippen molar-refractivity contribution in [1.29, 1.82) is 0 Å². The number of carbonyl (C=O) groups excluding carboxylic acids is 1. The molecule has 1 aromatic heterocycles. The summed E-state index contributed by atoms with van der Waals surface area (Å²) in [5.74, 6) is 0. The van der Waals surface area contributed by atoms with Crippen LogP contribution in [0.1, 0.15) is 23.0 Å². The Hall–Kier alpha value is -2.43. The predicted molar refractivity (Wildman–Crippen MR) is 68.9 cm³/mol. The predicted octanol–water partition coefficient (Wildman–Crippen LogP) is 1.12. The molecule has 1 aromatic carbocycles. The van der Waals surface area contributed by atoms with Crippen molar-refractivity contribution in [3.63, 3.8) is 0 Å². The molecule has 0 spiro atoms. The quantitative estimate of drug-likeness (QED) is 0.779. The van der Waals surface area contributed by atoms with Gasteiger partial charge in [-0.25, -0.2) is 4.79 Å². The van der Waals surface area contributed by atoms with Gasteiger partial charge in [0.2, 0.25) is 0 Å². The standard InChI is InChI=1S/C7H6O.C6H8N2O2/c8-6-7-4-2-1-3-5-7;1-2-4-3-5(9)8-6(10)7-4/h1-6H;3H,2H2,1H3,(H2,7,8,9,10). The van der Waals surface area contributed by atoms with Crippen molar-refractivity contribution < 1.29 is 4.79 Å². The first-order valence-electron chi connectivity index (χ1n) is 5.48. The number of H-pyrrole nitrogens is 2. The average molecular weight is 246 g/mol. The van der Waals surface area contributed by atoms with E-state index in [2.05, 4.69) is 9.97 Å². The maximum absolute atomic E-state index is 10.6. The highest BCUT2D eigenvalue weighted by Crippen LogP contribution is 1.91. The molecule has 5 nitrogen and oxygen atoms in total. The number of aromatic amines is 2. The molecule has 0 aliphatic carbocycles. The number of aldehydes is 1. The van der Waals surface area contributed by atoms with Crippen LogP contribution in [-0.2, 0) is 6.42 Å². The van der Waals surface area contributed by atoms with Crippen molar-refractivity contribution in [1.82, 2.24) is 9.97 Å². The molecule has 0 saturated heterocycles. The highest BCUT2D eigenvalue weighted by atomic mass is 16.2. The van der Waals surface area contributed by atoms with Gasteiger partial charge in [-0.15, -0.1) is 0 Å². The van der Waals surface area contributed by atoms with Crippen LogP contribution in [0.25, 0.3) is 0 Å². The van der Waals surface area contributed by atoms with Crippen LogP contribution < -0.4 is 11.2 Å². The Morgan fingerprint density at radius 2 is 1.78 bits per heavy atom. The van der Waals surface area contributed by atoms with Crippen molar-refractivity contribution in [3.05, 3.63) is 68.5 Å². The summed E-state index contributed by atoms with van der Waals surface area (Å²) in [4.78, 5) is 35.7. The van der Waals surface area contributed by atoms with Crippen LogP contribution in [0, 0.1) is 0 Å². The SMILES string of the molecule is CCc1cc(=O)[nH]c(=O)[nH]1.O=Cc1ccccc1. The van der Waals surface area contributed by atoms with Gasteiger partial charge in [-0.05, 0) is 6.42 Å². The van der Waals surface area contributed by atoms with Crippen molar-refractivity contribution in [2.75, 3.05) is 0 Å². The largest absolute Gasteiger partial charge is 0.325 e.